The van der Waals surface area contributed by atoms with Gasteiger partial charge in [-0.2, -0.15) is 4.31 Å². The lowest BCUT2D eigenvalue weighted by molar-refractivity contribution is -0.144. The standard InChI is InChI=1S/C18H29N3O8S3/c1-4-19-14-12-21(9-6-10-28-3)32(26,27)18-13(14)11-17(30-18)31(24,25)20-15(22)7-8-16(23)29-5-2/h11,14,19H,4-10,12H2,1-3H3,(H,20,22)/t14-/m0/s1. The average molecular weight is 512 g/mol. The maximum Gasteiger partial charge on any atom is 0.306 e. The van der Waals surface area contributed by atoms with E-state index in [9.17, 15) is 26.4 Å². The van der Waals surface area contributed by atoms with E-state index < -0.39 is 31.9 Å². The number of carbonyl (C=O) groups excluding carboxylic acids is 2. The molecular formula is C18H29N3O8S3. The van der Waals surface area contributed by atoms with Gasteiger partial charge in [-0.1, -0.05) is 6.92 Å². The van der Waals surface area contributed by atoms with Crippen molar-refractivity contribution in [1.29, 1.82) is 0 Å². The molecule has 1 aliphatic rings. The van der Waals surface area contributed by atoms with E-state index in [2.05, 4.69) is 5.32 Å². The number of sulfonamides is 2. The van der Waals surface area contributed by atoms with Crippen LogP contribution in [0.5, 0.6) is 0 Å². The van der Waals surface area contributed by atoms with Crippen LogP contribution in [-0.4, -0.2) is 73.0 Å². The van der Waals surface area contributed by atoms with Crippen LogP contribution in [0.4, 0.5) is 0 Å². The number of nitrogens with zero attached hydrogens (tertiary/aromatic N) is 1. The molecule has 0 aliphatic carbocycles. The van der Waals surface area contributed by atoms with Crippen molar-refractivity contribution >= 4 is 43.3 Å². The van der Waals surface area contributed by atoms with E-state index in [0.717, 1.165) is 0 Å². The molecular weight excluding hydrogens is 482 g/mol. The van der Waals surface area contributed by atoms with Crippen LogP contribution in [0.1, 0.15) is 44.7 Å². The number of likely N-dealkylation sites (N-methyl/N-ethyl adjacent to an activating group) is 1. The topological polar surface area (TPSA) is 148 Å². The summed E-state index contributed by atoms with van der Waals surface area (Å²) in [5.41, 5.74) is 0.360. The van der Waals surface area contributed by atoms with E-state index in [1.54, 1.807) is 6.92 Å². The number of esters is 1. The number of rotatable bonds is 12. The third kappa shape index (κ3) is 6.48. The van der Waals surface area contributed by atoms with Gasteiger partial charge in [0.1, 0.15) is 8.42 Å². The van der Waals surface area contributed by atoms with Crippen LogP contribution < -0.4 is 10.0 Å². The van der Waals surface area contributed by atoms with Crippen LogP contribution in [0.3, 0.4) is 0 Å². The third-order valence-electron chi connectivity index (χ3n) is 4.62. The summed E-state index contributed by atoms with van der Waals surface area (Å²) in [7, 11) is -6.67. The molecule has 1 aromatic heterocycles. The van der Waals surface area contributed by atoms with Crippen molar-refractivity contribution in [2.45, 2.75) is 47.6 Å². The zero-order chi connectivity index (χ0) is 23.9. The van der Waals surface area contributed by atoms with E-state index in [4.69, 9.17) is 9.47 Å². The second-order valence-corrected chi connectivity index (χ2v) is 12.1. The molecule has 0 radical (unpaired) electrons. The molecule has 0 saturated heterocycles. The molecule has 0 unspecified atom stereocenters. The Kier molecular flexibility index (Phi) is 9.60. The molecule has 14 heteroatoms. The van der Waals surface area contributed by atoms with Crippen molar-refractivity contribution in [2.24, 2.45) is 0 Å². The molecule has 1 amide bonds. The first-order valence-electron chi connectivity index (χ1n) is 10.1. The van der Waals surface area contributed by atoms with E-state index in [0.29, 0.717) is 36.5 Å². The van der Waals surface area contributed by atoms with Crippen LogP contribution >= 0.6 is 11.3 Å². The maximum atomic E-state index is 13.1. The first-order chi connectivity index (χ1) is 15.1. The maximum absolute atomic E-state index is 13.1. The summed E-state index contributed by atoms with van der Waals surface area (Å²) in [4.78, 5) is 23.4. The molecule has 1 atom stereocenters. The summed E-state index contributed by atoms with van der Waals surface area (Å²) < 4.78 is 64.2. The van der Waals surface area contributed by atoms with Gasteiger partial charge in [0.15, 0.2) is 0 Å². The van der Waals surface area contributed by atoms with Gasteiger partial charge in [0.2, 0.25) is 5.91 Å². The van der Waals surface area contributed by atoms with Crippen molar-refractivity contribution in [3.63, 3.8) is 0 Å². The fraction of sp³-hybridized carbons (Fsp3) is 0.667. The van der Waals surface area contributed by atoms with Crippen LogP contribution in [0, 0.1) is 0 Å². The summed E-state index contributed by atoms with van der Waals surface area (Å²) in [6.07, 6.45) is -0.130. The largest absolute Gasteiger partial charge is 0.466 e. The van der Waals surface area contributed by atoms with Gasteiger partial charge in [0.05, 0.1) is 13.0 Å². The Labute approximate surface area is 192 Å². The quantitative estimate of drug-likeness (QED) is 0.304. The molecule has 2 N–H and O–H groups in total. The summed E-state index contributed by atoms with van der Waals surface area (Å²) in [6, 6.07) is 0.902. The third-order valence-corrected chi connectivity index (χ3v) is 10.0. The smallest absolute Gasteiger partial charge is 0.306 e. The van der Waals surface area contributed by atoms with E-state index >= 15 is 0 Å². The number of carbonyl (C=O) groups is 2. The fourth-order valence-electron chi connectivity index (χ4n) is 3.18. The van der Waals surface area contributed by atoms with Crippen LogP contribution in [0.15, 0.2) is 14.5 Å². The summed E-state index contributed by atoms with van der Waals surface area (Å²) >= 11 is 0.601. The lowest BCUT2D eigenvalue weighted by Crippen LogP contribution is -2.43. The van der Waals surface area contributed by atoms with Crippen LogP contribution in [0.2, 0.25) is 0 Å². The molecule has 2 heterocycles. The van der Waals surface area contributed by atoms with Crippen LogP contribution in [-0.2, 0) is 39.1 Å². The van der Waals surface area contributed by atoms with Gasteiger partial charge in [-0.3, -0.25) is 9.59 Å². The molecule has 1 aliphatic heterocycles. The van der Waals surface area contributed by atoms with Gasteiger partial charge in [-0.15, -0.1) is 11.3 Å². The van der Waals surface area contributed by atoms with Crippen molar-refractivity contribution in [3.05, 3.63) is 11.6 Å². The van der Waals surface area contributed by atoms with Gasteiger partial charge in [0.25, 0.3) is 20.0 Å². The molecule has 182 valence electrons. The molecule has 0 fully saturated rings. The number of nitrogens with one attached hydrogen (secondary N) is 2. The summed E-state index contributed by atoms with van der Waals surface area (Å²) in [5.74, 6) is -1.49. The predicted molar refractivity (Wildman–Crippen MR) is 117 cm³/mol. The minimum Gasteiger partial charge on any atom is -0.466 e. The normalized spacial score (nSPS) is 18.2. The summed E-state index contributed by atoms with van der Waals surface area (Å²) in [5, 5.41) is 3.18. The number of hydrogen-bond acceptors (Lipinski definition) is 10. The highest BCUT2D eigenvalue weighted by Crippen LogP contribution is 2.40. The van der Waals surface area contributed by atoms with Gasteiger partial charge < -0.3 is 14.8 Å². The highest BCUT2D eigenvalue weighted by Gasteiger charge is 2.40. The SMILES string of the molecule is CCN[C@H]1CN(CCCOC)S(=O)(=O)c2sc(S(=O)(=O)NC(=O)CCC(=O)OCC)cc21. The Morgan fingerprint density at radius 3 is 2.62 bits per heavy atom. The monoisotopic (exact) mass is 511 g/mol. The highest BCUT2D eigenvalue weighted by atomic mass is 32.3. The van der Waals surface area contributed by atoms with Crippen molar-refractivity contribution in [1.82, 2.24) is 14.3 Å². The number of hydrogen-bond donors (Lipinski definition) is 2. The zero-order valence-corrected chi connectivity index (χ0v) is 20.7. The Hall–Kier alpha value is -1.58. The van der Waals surface area contributed by atoms with Crippen LogP contribution in [0.25, 0.3) is 0 Å². The Morgan fingerprint density at radius 2 is 2.00 bits per heavy atom. The molecule has 0 aromatic carbocycles. The summed E-state index contributed by atoms with van der Waals surface area (Å²) in [6.45, 7) is 4.99. The van der Waals surface area contributed by atoms with Crippen molar-refractivity contribution < 1.29 is 35.9 Å². The molecule has 32 heavy (non-hydrogen) atoms. The molecule has 11 nitrogen and oxygen atoms in total. The van der Waals surface area contributed by atoms with Crippen molar-refractivity contribution in [3.8, 4) is 0 Å². The second kappa shape index (κ2) is 11.5. The average Bonchev–Trinajstić information content (AvgIpc) is 3.18. The van der Waals surface area contributed by atoms with E-state index in [1.165, 1.54) is 17.5 Å². The predicted octanol–water partition coefficient (Wildman–Crippen LogP) is 0.588. The lowest BCUT2D eigenvalue weighted by atomic mass is 10.1. The highest BCUT2D eigenvalue weighted by molar-refractivity contribution is 7.94. The number of methoxy groups -OCH3 is 1. The lowest BCUT2D eigenvalue weighted by Gasteiger charge is -2.32. The Bertz CT molecular complexity index is 1020. The van der Waals surface area contributed by atoms with Crippen molar-refractivity contribution in [2.75, 3.05) is 40.0 Å². The number of thiophene rings is 1. The molecule has 0 spiro atoms. The van der Waals surface area contributed by atoms with E-state index in [1.807, 2.05) is 11.6 Å². The number of ether oxygens (including phenoxy) is 2. The van der Waals surface area contributed by atoms with Gasteiger partial charge in [0, 0.05) is 44.8 Å². The molecule has 2 rings (SSSR count). The first kappa shape index (κ1) is 26.7. The van der Waals surface area contributed by atoms with Gasteiger partial charge in [-0.05, 0) is 26.0 Å². The number of fused-ring (bicyclic) bond motifs is 1. The molecule has 0 saturated carbocycles. The van der Waals surface area contributed by atoms with E-state index in [-0.39, 0.29) is 47.0 Å². The Morgan fingerprint density at radius 1 is 1.28 bits per heavy atom. The van der Waals surface area contributed by atoms with Gasteiger partial charge >= 0.3 is 5.97 Å². The number of amides is 1. The zero-order valence-electron chi connectivity index (χ0n) is 18.2. The molecule has 0 bridgehead atoms. The fourth-order valence-corrected chi connectivity index (χ4v) is 8.08. The first-order valence-corrected chi connectivity index (χ1v) is 13.9. The minimum absolute atomic E-state index is 0.0635. The second-order valence-electron chi connectivity index (χ2n) is 6.96. The van der Waals surface area contributed by atoms with Gasteiger partial charge in [-0.25, -0.2) is 21.6 Å². The minimum atomic E-state index is -4.30. The Balaban J connectivity index is 2.26. The molecule has 1 aromatic rings.